The number of carbonyl (C=O) groups excluding carboxylic acids is 1. The van der Waals surface area contributed by atoms with Crippen molar-refractivity contribution >= 4 is 12.0 Å². The predicted molar refractivity (Wildman–Crippen MR) is 89.5 cm³/mol. The van der Waals surface area contributed by atoms with Gasteiger partial charge in [-0.05, 0) is 18.1 Å². The van der Waals surface area contributed by atoms with Crippen molar-refractivity contribution in [1.29, 1.82) is 0 Å². The second kappa shape index (κ2) is 9.08. The fraction of sp³-hybridized carbons (Fsp3) is 0.316. The highest BCUT2D eigenvalue weighted by molar-refractivity contribution is 5.82. The molecule has 1 aromatic rings. The number of cyclic esters (lactones) is 1. The van der Waals surface area contributed by atoms with Crippen molar-refractivity contribution in [2.45, 2.75) is 37.6 Å². The highest BCUT2D eigenvalue weighted by Crippen LogP contribution is 2.11. The molecule has 1 aromatic carbocycles. The molecule has 2 N–H and O–H groups in total. The van der Waals surface area contributed by atoms with Crippen molar-refractivity contribution in [1.82, 2.24) is 0 Å². The largest absolute Gasteiger partial charge is 0.455 e. The van der Waals surface area contributed by atoms with E-state index >= 15 is 0 Å². The van der Waals surface area contributed by atoms with E-state index in [1.807, 2.05) is 36.4 Å². The van der Waals surface area contributed by atoms with Crippen LogP contribution in [0.3, 0.4) is 0 Å². The van der Waals surface area contributed by atoms with Crippen LogP contribution in [-0.2, 0) is 9.53 Å². The van der Waals surface area contributed by atoms with E-state index < -0.39 is 12.2 Å². The van der Waals surface area contributed by atoms with E-state index in [1.165, 1.54) is 6.08 Å². The third-order valence-electron chi connectivity index (χ3n) is 3.47. The summed E-state index contributed by atoms with van der Waals surface area (Å²) in [5, 5.41) is 19.8. The number of hydrogen-bond acceptors (Lipinski definition) is 4. The minimum absolute atomic E-state index is 0.261. The molecule has 23 heavy (non-hydrogen) atoms. The summed E-state index contributed by atoms with van der Waals surface area (Å²) in [7, 11) is 0. The molecule has 0 bridgehead atoms. The second-order valence-electron chi connectivity index (χ2n) is 5.50. The first kappa shape index (κ1) is 17.2. The Labute approximate surface area is 136 Å². The SMILES string of the molecule is O=C1C=CC[C@@H](C=CC[C@@H](O)C[C@@H](O)C=Cc2ccccc2)O1. The number of hydrogen-bond donors (Lipinski definition) is 2. The molecule has 0 aliphatic carbocycles. The van der Waals surface area contributed by atoms with Crippen LogP contribution in [0.2, 0.25) is 0 Å². The first-order valence-electron chi connectivity index (χ1n) is 7.76. The molecule has 1 aliphatic heterocycles. The summed E-state index contributed by atoms with van der Waals surface area (Å²) in [6.45, 7) is 0. The molecule has 0 amide bonds. The summed E-state index contributed by atoms with van der Waals surface area (Å²) in [5.74, 6) is -0.340. The van der Waals surface area contributed by atoms with Crippen molar-refractivity contribution in [2.75, 3.05) is 0 Å². The molecule has 4 nitrogen and oxygen atoms in total. The van der Waals surface area contributed by atoms with Crippen LogP contribution >= 0.6 is 0 Å². The van der Waals surface area contributed by atoms with Gasteiger partial charge in [0.1, 0.15) is 6.10 Å². The van der Waals surface area contributed by atoms with Crippen LogP contribution in [0.15, 0.2) is 60.7 Å². The minimum atomic E-state index is -0.700. The Morgan fingerprint density at radius 3 is 2.78 bits per heavy atom. The lowest BCUT2D eigenvalue weighted by molar-refractivity contribution is -0.141. The quantitative estimate of drug-likeness (QED) is 0.600. The Hall–Kier alpha value is -2.17. The van der Waals surface area contributed by atoms with Gasteiger partial charge in [0.25, 0.3) is 0 Å². The third kappa shape index (κ3) is 6.63. The Bertz CT molecular complexity index is 574. The summed E-state index contributed by atoms with van der Waals surface area (Å²) in [4.78, 5) is 11.1. The number of benzene rings is 1. The lowest BCUT2D eigenvalue weighted by atomic mass is 10.1. The molecule has 0 spiro atoms. The molecular weight excluding hydrogens is 292 g/mol. The molecule has 0 fully saturated rings. The monoisotopic (exact) mass is 314 g/mol. The third-order valence-corrected chi connectivity index (χ3v) is 3.47. The molecule has 0 unspecified atom stereocenters. The number of aliphatic hydroxyl groups is 2. The zero-order valence-electron chi connectivity index (χ0n) is 12.9. The standard InChI is InChI=1S/C19H22O4/c20-16(8-4-9-18-10-5-11-19(22)23-18)14-17(21)13-12-15-6-2-1-3-7-15/h1-7,9,11-13,16-18,20-21H,8,10,14H2/t16-,17+,18-/m1/s1. The van der Waals surface area contributed by atoms with E-state index in [9.17, 15) is 15.0 Å². The van der Waals surface area contributed by atoms with E-state index in [1.54, 1.807) is 24.3 Å². The molecule has 0 aromatic heterocycles. The second-order valence-corrected chi connectivity index (χ2v) is 5.50. The van der Waals surface area contributed by atoms with E-state index in [0.717, 1.165) is 5.56 Å². The van der Waals surface area contributed by atoms with Crippen LogP contribution in [0, 0.1) is 0 Å². The van der Waals surface area contributed by atoms with Crippen molar-refractivity contribution < 1.29 is 19.7 Å². The van der Waals surface area contributed by atoms with E-state index in [-0.39, 0.29) is 18.5 Å². The zero-order chi connectivity index (χ0) is 16.5. The van der Waals surface area contributed by atoms with Crippen molar-refractivity contribution in [2.24, 2.45) is 0 Å². The van der Waals surface area contributed by atoms with Gasteiger partial charge in [0.15, 0.2) is 0 Å². The van der Waals surface area contributed by atoms with Gasteiger partial charge in [0, 0.05) is 18.9 Å². The topological polar surface area (TPSA) is 66.8 Å². The van der Waals surface area contributed by atoms with Gasteiger partial charge in [-0.1, -0.05) is 54.6 Å². The number of ether oxygens (including phenoxy) is 1. The van der Waals surface area contributed by atoms with Crippen molar-refractivity contribution in [3.63, 3.8) is 0 Å². The van der Waals surface area contributed by atoms with Crippen LogP contribution in [0.5, 0.6) is 0 Å². The maximum absolute atomic E-state index is 11.1. The highest BCUT2D eigenvalue weighted by atomic mass is 16.5. The summed E-state index contributed by atoms with van der Waals surface area (Å²) < 4.78 is 5.08. The van der Waals surface area contributed by atoms with Gasteiger partial charge in [-0.15, -0.1) is 0 Å². The first-order chi connectivity index (χ1) is 11.1. The maximum atomic E-state index is 11.1. The van der Waals surface area contributed by atoms with E-state index in [0.29, 0.717) is 12.8 Å². The Morgan fingerprint density at radius 1 is 1.26 bits per heavy atom. The number of esters is 1. The molecule has 3 atom stereocenters. The molecule has 1 heterocycles. The molecule has 0 radical (unpaired) electrons. The Kier molecular flexibility index (Phi) is 6.78. The Morgan fingerprint density at radius 2 is 2.04 bits per heavy atom. The van der Waals surface area contributed by atoms with E-state index in [2.05, 4.69) is 0 Å². The minimum Gasteiger partial charge on any atom is -0.455 e. The molecule has 0 saturated carbocycles. The molecule has 1 aliphatic rings. The first-order valence-corrected chi connectivity index (χ1v) is 7.76. The van der Waals surface area contributed by atoms with Crippen molar-refractivity contribution in [3.8, 4) is 0 Å². The highest BCUT2D eigenvalue weighted by Gasteiger charge is 2.13. The average molecular weight is 314 g/mol. The predicted octanol–water partition coefficient (Wildman–Crippen LogP) is 2.63. The van der Waals surface area contributed by atoms with Gasteiger partial charge in [0.2, 0.25) is 0 Å². The zero-order valence-corrected chi connectivity index (χ0v) is 12.9. The number of carbonyl (C=O) groups is 1. The van der Waals surface area contributed by atoms with Gasteiger partial charge in [0.05, 0.1) is 12.2 Å². The molecule has 0 saturated heterocycles. The van der Waals surface area contributed by atoms with Crippen LogP contribution < -0.4 is 0 Å². The lowest BCUT2D eigenvalue weighted by Gasteiger charge is -2.15. The number of rotatable bonds is 7. The van der Waals surface area contributed by atoms with Gasteiger partial charge in [-0.2, -0.15) is 0 Å². The van der Waals surface area contributed by atoms with Crippen LogP contribution in [-0.4, -0.2) is 34.5 Å². The molecule has 4 heteroatoms. The molecular formula is C19H22O4. The van der Waals surface area contributed by atoms with Crippen LogP contribution in [0.25, 0.3) is 6.08 Å². The van der Waals surface area contributed by atoms with Gasteiger partial charge >= 0.3 is 5.97 Å². The van der Waals surface area contributed by atoms with Gasteiger partial charge < -0.3 is 14.9 Å². The molecule has 2 rings (SSSR count). The summed E-state index contributed by atoms with van der Waals surface area (Å²) in [6.07, 6.45) is 9.98. The van der Waals surface area contributed by atoms with Crippen LogP contribution in [0.1, 0.15) is 24.8 Å². The fourth-order valence-corrected chi connectivity index (χ4v) is 2.28. The van der Waals surface area contributed by atoms with Gasteiger partial charge in [-0.3, -0.25) is 0 Å². The van der Waals surface area contributed by atoms with Gasteiger partial charge in [-0.25, -0.2) is 4.79 Å². The van der Waals surface area contributed by atoms with E-state index in [4.69, 9.17) is 4.74 Å². The summed E-state index contributed by atoms with van der Waals surface area (Å²) in [6, 6.07) is 9.69. The average Bonchev–Trinajstić information content (AvgIpc) is 2.54. The lowest BCUT2D eigenvalue weighted by Crippen LogP contribution is -2.18. The summed E-state index contributed by atoms with van der Waals surface area (Å²) >= 11 is 0. The van der Waals surface area contributed by atoms with Crippen molar-refractivity contribution in [3.05, 3.63) is 66.3 Å². The van der Waals surface area contributed by atoms with Crippen LogP contribution in [0.4, 0.5) is 0 Å². The maximum Gasteiger partial charge on any atom is 0.331 e. The Balaban J connectivity index is 1.71. The summed E-state index contributed by atoms with van der Waals surface area (Å²) in [5.41, 5.74) is 1.01. The molecule has 122 valence electrons. The normalized spacial score (nSPS) is 20.8. The fourth-order valence-electron chi connectivity index (χ4n) is 2.28. The number of aliphatic hydroxyl groups excluding tert-OH is 2. The smallest absolute Gasteiger partial charge is 0.331 e.